The first kappa shape index (κ1) is 22.7. The van der Waals surface area contributed by atoms with Crippen molar-refractivity contribution < 1.29 is 21.9 Å². The third-order valence-corrected chi connectivity index (χ3v) is 6.74. The molecule has 35 heavy (non-hydrogen) atoms. The van der Waals surface area contributed by atoms with Gasteiger partial charge >= 0.3 is 0 Å². The van der Waals surface area contributed by atoms with Gasteiger partial charge in [0.15, 0.2) is 11.5 Å². The Hall–Kier alpha value is -4.03. The second kappa shape index (κ2) is 8.64. The van der Waals surface area contributed by atoms with Crippen molar-refractivity contribution in [3.63, 3.8) is 0 Å². The molecule has 0 bridgehead atoms. The van der Waals surface area contributed by atoms with E-state index in [4.69, 9.17) is 16.3 Å². The summed E-state index contributed by atoms with van der Waals surface area (Å²) in [6, 6.07) is 9.12. The van der Waals surface area contributed by atoms with Gasteiger partial charge in [-0.25, -0.2) is 27.2 Å². The zero-order chi connectivity index (χ0) is 24.7. The lowest BCUT2D eigenvalue weighted by Gasteiger charge is -2.11. The van der Waals surface area contributed by atoms with E-state index in [1.165, 1.54) is 43.8 Å². The normalized spacial score (nSPS) is 11.7. The molecule has 3 N–H and O–H groups in total. The van der Waals surface area contributed by atoms with E-state index in [9.17, 15) is 12.8 Å². The van der Waals surface area contributed by atoms with Crippen LogP contribution >= 0.6 is 11.6 Å². The summed E-state index contributed by atoms with van der Waals surface area (Å²) in [5, 5.41) is 7.52. The molecule has 0 atom stereocenters. The maximum absolute atomic E-state index is 15.3. The maximum Gasteiger partial charge on any atom is 0.262 e. The quantitative estimate of drug-likeness (QED) is 0.299. The predicted molar refractivity (Wildman–Crippen MR) is 126 cm³/mol. The van der Waals surface area contributed by atoms with Gasteiger partial charge in [-0.15, -0.1) is 5.10 Å². The van der Waals surface area contributed by atoms with Gasteiger partial charge in [0.25, 0.3) is 10.0 Å². The lowest BCUT2D eigenvalue weighted by atomic mass is 10.1. The molecular weight excluding hydrogens is 502 g/mol. The number of fused-ring (bicyclic) bond motifs is 1. The summed E-state index contributed by atoms with van der Waals surface area (Å²) < 4.78 is 62.7. The maximum atomic E-state index is 15.3. The van der Waals surface area contributed by atoms with Gasteiger partial charge < -0.3 is 9.72 Å². The highest BCUT2D eigenvalue weighted by molar-refractivity contribution is 7.92. The molecule has 0 amide bonds. The third-order valence-electron chi connectivity index (χ3n) is 5.14. The van der Waals surface area contributed by atoms with Gasteiger partial charge in [-0.1, -0.05) is 17.7 Å². The minimum atomic E-state index is -4.19. The average Bonchev–Trinajstić information content (AvgIpc) is 3.48. The summed E-state index contributed by atoms with van der Waals surface area (Å²) in [6.45, 7) is 0. The van der Waals surface area contributed by atoms with Crippen LogP contribution in [0.3, 0.4) is 0 Å². The number of rotatable bonds is 6. The lowest BCUT2D eigenvalue weighted by Crippen LogP contribution is -2.14. The first-order valence-electron chi connectivity index (χ1n) is 9.97. The number of H-pyrrole nitrogens is 2. The summed E-state index contributed by atoms with van der Waals surface area (Å²) in [7, 11) is -2.72. The van der Waals surface area contributed by atoms with E-state index < -0.39 is 32.9 Å². The topological polar surface area (TPSA) is 126 Å². The number of anilines is 1. The molecule has 0 spiro atoms. The van der Waals surface area contributed by atoms with Gasteiger partial charge in [0.1, 0.15) is 11.6 Å². The Kier molecular flexibility index (Phi) is 5.61. The number of nitrogens with one attached hydrogen (secondary N) is 3. The minimum Gasteiger partial charge on any atom is -0.479 e. The summed E-state index contributed by atoms with van der Waals surface area (Å²) in [5.74, 6) is -1.87. The van der Waals surface area contributed by atoms with E-state index in [2.05, 4.69) is 29.9 Å². The average molecular weight is 517 g/mol. The largest absolute Gasteiger partial charge is 0.479 e. The van der Waals surface area contributed by atoms with Crippen LogP contribution in [0.25, 0.3) is 33.7 Å². The van der Waals surface area contributed by atoms with E-state index in [0.717, 1.165) is 12.1 Å². The van der Waals surface area contributed by atoms with E-state index in [-0.39, 0.29) is 15.7 Å². The SMILES string of the molecule is COc1n[nH]c2ncc(-c3cnc(-c4c(F)ccc(NS(=O)(=O)c5cccc(Cl)c5)c4F)[nH]3)cc12. The van der Waals surface area contributed by atoms with Crippen LogP contribution in [0.2, 0.25) is 5.02 Å². The van der Waals surface area contributed by atoms with E-state index in [1.807, 2.05) is 0 Å². The van der Waals surface area contributed by atoms with Crippen LogP contribution in [0.1, 0.15) is 0 Å². The fraction of sp³-hybridized carbons (Fsp3) is 0.0455. The number of methoxy groups -OCH3 is 1. The molecule has 5 rings (SSSR count). The molecule has 0 saturated carbocycles. The van der Waals surface area contributed by atoms with Crippen molar-refractivity contribution in [3.05, 3.63) is 71.5 Å². The number of imidazole rings is 1. The molecule has 0 saturated heterocycles. The van der Waals surface area contributed by atoms with Crippen LogP contribution in [-0.2, 0) is 10.0 Å². The summed E-state index contributed by atoms with van der Waals surface area (Å²) in [4.78, 5) is 11.0. The van der Waals surface area contributed by atoms with Gasteiger partial charge in [0, 0.05) is 16.8 Å². The van der Waals surface area contributed by atoms with Crippen LogP contribution in [0, 0.1) is 11.6 Å². The van der Waals surface area contributed by atoms with Crippen LogP contribution < -0.4 is 9.46 Å². The van der Waals surface area contributed by atoms with Crippen LogP contribution in [0.15, 0.2) is 59.8 Å². The van der Waals surface area contributed by atoms with Gasteiger partial charge in [0.05, 0.1) is 40.5 Å². The number of nitrogens with zero attached hydrogens (tertiary/aromatic N) is 3. The van der Waals surface area contributed by atoms with E-state index in [1.54, 1.807) is 6.07 Å². The van der Waals surface area contributed by atoms with Crippen molar-refractivity contribution in [1.29, 1.82) is 0 Å². The number of aromatic nitrogens is 5. The number of aromatic amines is 2. The van der Waals surface area contributed by atoms with Gasteiger partial charge in [-0.3, -0.25) is 9.82 Å². The Bertz CT molecular complexity index is 1690. The number of ether oxygens (including phenoxy) is 1. The molecule has 13 heteroatoms. The molecule has 9 nitrogen and oxygen atoms in total. The molecular formula is C22H15ClF2N6O3S. The fourth-order valence-corrected chi connectivity index (χ4v) is 4.82. The van der Waals surface area contributed by atoms with Crippen molar-refractivity contribution in [1.82, 2.24) is 25.1 Å². The van der Waals surface area contributed by atoms with Crippen molar-refractivity contribution in [2.75, 3.05) is 11.8 Å². The highest BCUT2D eigenvalue weighted by atomic mass is 35.5. The molecule has 2 aromatic carbocycles. The first-order valence-corrected chi connectivity index (χ1v) is 11.8. The van der Waals surface area contributed by atoms with Crippen molar-refractivity contribution in [2.24, 2.45) is 0 Å². The van der Waals surface area contributed by atoms with Crippen molar-refractivity contribution >= 4 is 38.3 Å². The zero-order valence-corrected chi connectivity index (χ0v) is 19.4. The number of halogens is 3. The third kappa shape index (κ3) is 4.17. The molecule has 0 aliphatic carbocycles. The second-order valence-electron chi connectivity index (χ2n) is 7.35. The number of benzene rings is 2. The molecule has 0 unspecified atom stereocenters. The molecule has 5 aromatic rings. The Morgan fingerprint density at radius 1 is 1.09 bits per heavy atom. The molecule has 0 radical (unpaired) electrons. The molecule has 3 heterocycles. The van der Waals surface area contributed by atoms with Gasteiger partial charge in [-0.05, 0) is 36.4 Å². The van der Waals surface area contributed by atoms with Gasteiger partial charge in [-0.2, -0.15) is 0 Å². The zero-order valence-electron chi connectivity index (χ0n) is 17.8. The van der Waals surface area contributed by atoms with E-state index in [0.29, 0.717) is 28.2 Å². The highest BCUT2D eigenvalue weighted by Crippen LogP contribution is 2.32. The Balaban J connectivity index is 1.51. The predicted octanol–water partition coefficient (Wildman–Crippen LogP) is 4.76. The van der Waals surface area contributed by atoms with E-state index >= 15 is 4.39 Å². The lowest BCUT2D eigenvalue weighted by molar-refractivity contribution is 0.401. The highest BCUT2D eigenvalue weighted by Gasteiger charge is 2.23. The smallest absolute Gasteiger partial charge is 0.262 e. The second-order valence-corrected chi connectivity index (χ2v) is 9.46. The Labute approximate surface area is 202 Å². The number of hydrogen-bond donors (Lipinski definition) is 3. The van der Waals surface area contributed by atoms with Crippen molar-refractivity contribution in [2.45, 2.75) is 4.90 Å². The number of hydrogen-bond acceptors (Lipinski definition) is 6. The first-order chi connectivity index (χ1) is 16.8. The van der Waals surface area contributed by atoms with Crippen LogP contribution in [-0.4, -0.2) is 40.7 Å². The van der Waals surface area contributed by atoms with Crippen LogP contribution in [0.5, 0.6) is 5.88 Å². The van der Waals surface area contributed by atoms with Crippen molar-refractivity contribution in [3.8, 4) is 28.5 Å². The Morgan fingerprint density at radius 2 is 1.91 bits per heavy atom. The monoisotopic (exact) mass is 516 g/mol. The summed E-state index contributed by atoms with van der Waals surface area (Å²) in [5.41, 5.74) is 0.501. The minimum absolute atomic E-state index is 0.141. The standard InChI is InChI=1S/C22H15ClF2N6O3S/c1-34-22-14-7-11(9-26-20(14)29-30-22)17-10-27-21(28-17)18-15(24)5-6-16(19(18)25)31-35(32,33)13-4-2-3-12(23)8-13/h2-10,31H,1H3,(H,27,28)(H,26,29,30). The molecule has 3 aromatic heterocycles. The summed E-state index contributed by atoms with van der Waals surface area (Å²) >= 11 is 5.86. The molecule has 0 fully saturated rings. The number of pyridine rings is 1. The number of sulfonamides is 1. The summed E-state index contributed by atoms with van der Waals surface area (Å²) in [6.07, 6.45) is 2.91. The van der Waals surface area contributed by atoms with Crippen LogP contribution in [0.4, 0.5) is 14.5 Å². The Morgan fingerprint density at radius 3 is 2.69 bits per heavy atom. The fourth-order valence-electron chi connectivity index (χ4n) is 3.46. The van der Waals surface area contributed by atoms with Gasteiger partial charge in [0.2, 0.25) is 5.88 Å². The molecule has 0 aliphatic heterocycles. The molecule has 178 valence electrons. The molecule has 0 aliphatic rings.